The lowest BCUT2D eigenvalue weighted by Gasteiger charge is -2.18. The van der Waals surface area contributed by atoms with E-state index in [0.29, 0.717) is 22.8 Å². The van der Waals surface area contributed by atoms with Crippen molar-refractivity contribution in [2.24, 2.45) is 0 Å². The Balaban J connectivity index is 1.84. The number of nitrogens with one attached hydrogen (secondary N) is 2. The fourth-order valence-electron chi connectivity index (χ4n) is 2.88. The van der Waals surface area contributed by atoms with Gasteiger partial charge in [-0.3, -0.25) is 14.4 Å². The lowest BCUT2D eigenvalue weighted by atomic mass is 10.2. The van der Waals surface area contributed by atoms with Gasteiger partial charge in [-0.05, 0) is 30.3 Å². The monoisotopic (exact) mass is 353 g/mol. The van der Waals surface area contributed by atoms with E-state index in [4.69, 9.17) is 4.74 Å². The third-order valence-electron chi connectivity index (χ3n) is 4.01. The standard InChI is InChI=1S/C19H19N3O4/c1-12(23)20-13-8-9-17(26-2)15(10-13)21-16-11-18(24)22(19(16)25)14-6-4-3-5-7-14/h3-10,16,21H,11H2,1-2H3,(H,20,23)/t16-/m0/s1. The summed E-state index contributed by atoms with van der Waals surface area (Å²) in [7, 11) is 1.51. The zero-order valence-electron chi connectivity index (χ0n) is 14.5. The largest absolute Gasteiger partial charge is 0.495 e. The number of benzene rings is 2. The predicted molar refractivity (Wildman–Crippen MR) is 98.3 cm³/mol. The van der Waals surface area contributed by atoms with E-state index >= 15 is 0 Å². The van der Waals surface area contributed by atoms with Crippen molar-refractivity contribution in [3.8, 4) is 5.75 Å². The third-order valence-corrected chi connectivity index (χ3v) is 4.01. The van der Waals surface area contributed by atoms with E-state index in [2.05, 4.69) is 10.6 Å². The number of carbonyl (C=O) groups is 3. The summed E-state index contributed by atoms with van der Waals surface area (Å²) >= 11 is 0. The molecule has 0 spiro atoms. The average molecular weight is 353 g/mol. The first-order valence-corrected chi connectivity index (χ1v) is 8.13. The highest BCUT2D eigenvalue weighted by Crippen LogP contribution is 2.31. The van der Waals surface area contributed by atoms with Gasteiger partial charge in [0, 0.05) is 12.6 Å². The van der Waals surface area contributed by atoms with Gasteiger partial charge in [-0.15, -0.1) is 0 Å². The molecule has 7 nitrogen and oxygen atoms in total. The number of rotatable bonds is 5. The second-order valence-corrected chi connectivity index (χ2v) is 5.90. The van der Waals surface area contributed by atoms with Gasteiger partial charge < -0.3 is 15.4 Å². The lowest BCUT2D eigenvalue weighted by molar-refractivity contribution is -0.121. The molecule has 26 heavy (non-hydrogen) atoms. The summed E-state index contributed by atoms with van der Waals surface area (Å²) in [5.74, 6) is -0.287. The molecule has 1 aliphatic rings. The van der Waals surface area contributed by atoms with Crippen LogP contribution in [-0.2, 0) is 14.4 Å². The van der Waals surface area contributed by atoms with Crippen molar-refractivity contribution in [3.63, 3.8) is 0 Å². The molecule has 1 fully saturated rings. The highest BCUT2D eigenvalue weighted by molar-refractivity contribution is 6.23. The second kappa shape index (κ2) is 7.26. The van der Waals surface area contributed by atoms with E-state index < -0.39 is 6.04 Å². The maximum Gasteiger partial charge on any atom is 0.256 e. The van der Waals surface area contributed by atoms with Crippen LogP contribution in [0.25, 0.3) is 0 Å². The highest BCUT2D eigenvalue weighted by Gasteiger charge is 2.39. The molecule has 2 N–H and O–H groups in total. The first-order chi connectivity index (χ1) is 12.5. The minimum atomic E-state index is -0.704. The molecule has 3 rings (SSSR count). The number of amides is 3. The van der Waals surface area contributed by atoms with Crippen LogP contribution in [0.5, 0.6) is 5.75 Å². The van der Waals surface area contributed by atoms with Crippen LogP contribution in [0.1, 0.15) is 13.3 Å². The first kappa shape index (κ1) is 17.5. The fourth-order valence-corrected chi connectivity index (χ4v) is 2.88. The summed E-state index contributed by atoms with van der Waals surface area (Å²) in [5, 5.41) is 5.74. The first-order valence-electron chi connectivity index (χ1n) is 8.13. The summed E-state index contributed by atoms with van der Waals surface area (Å²) in [5.41, 5.74) is 1.64. The molecule has 2 aromatic carbocycles. The van der Waals surface area contributed by atoms with Crippen LogP contribution in [0.3, 0.4) is 0 Å². The molecule has 0 radical (unpaired) electrons. The van der Waals surface area contributed by atoms with E-state index in [1.54, 1.807) is 42.5 Å². The number of anilines is 3. The Morgan fingerprint density at radius 3 is 2.54 bits per heavy atom. The molecule has 0 bridgehead atoms. The summed E-state index contributed by atoms with van der Waals surface area (Å²) in [4.78, 5) is 37.5. The lowest BCUT2D eigenvalue weighted by Crippen LogP contribution is -2.34. The van der Waals surface area contributed by atoms with Crippen LogP contribution in [0.15, 0.2) is 48.5 Å². The third kappa shape index (κ3) is 3.51. The molecule has 0 aromatic heterocycles. The van der Waals surface area contributed by atoms with Gasteiger partial charge in [-0.1, -0.05) is 18.2 Å². The number of ether oxygens (including phenoxy) is 1. The van der Waals surface area contributed by atoms with Crippen molar-refractivity contribution in [2.45, 2.75) is 19.4 Å². The van der Waals surface area contributed by atoms with E-state index in [1.165, 1.54) is 18.9 Å². The normalized spacial score (nSPS) is 16.5. The molecule has 7 heteroatoms. The number of para-hydroxylation sites is 1. The minimum absolute atomic E-state index is 0.0429. The smallest absolute Gasteiger partial charge is 0.256 e. The van der Waals surface area contributed by atoms with Crippen molar-refractivity contribution in [1.82, 2.24) is 0 Å². The summed E-state index contributed by atoms with van der Waals surface area (Å²) < 4.78 is 5.30. The Kier molecular flexibility index (Phi) is 4.88. The Morgan fingerprint density at radius 1 is 1.15 bits per heavy atom. The van der Waals surface area contributed by atoms with Crippen LogP contribution in [-0.4, -0.2) is 30.9 Å². The predicted octanol–water partition coefficient (Wildman–Crippen LogP) is 2.40. The molecule has 0 aliphatic carbocycles. The Bertz CT molecular complexity index is 851. The van der Waals surface area contributed by atoms with Crippen LogP contribution in [0.4, 0.5) is 17.1 Å². The molecule has 2 aromatic rings. The van der Waals surface area contributed by atoms with E-state index in [9.17, 15) is 14.4 Å². The summed E-state index contributed by atoms with van der Waals surface area (Å²) in [6.07, 6.45) is 0.0429. The molecule has 0 saturated carbocycles. The van der Waals surface area contributed by atoms with Gasteiger partial charge >= 0.3 is 0 Å². The van der Waals surface area contributed by atoms with Gasteiger partial charge in [0.2, 0.25) is 11.8 Å². The SMILES string of the molecule is COc1ccc(NC(C)=O)cc1N[C@H]1CC(=O)N(c2ccccc2)C1=O. The summed E-state index contributed by atoms with van der Waals surface area (Å²) in [6.45, 7) is 1.41. The number of hydrogen-bond acceptors (Lipinski definition) is 5. The Labute approximate surface area is 150 Å². The zero-order valence-corrected chi connectivity index (χ0v) is 14.5. The van der Waals surface area contributed by atoms with E-state index in [1.807, 2.05) is 6.07 Å². The highest BCUT2D eigenvalue weighted by atomic mass is 16.5. The minimum Gasteiger partial charge on any atom is -0.495 e. The average Bonchev–Trinajstić information content (AvgIpc) is 2.89. The van der Waals surface area contributed by atoms with Crippen LogP contribution >= 0.6 is 0 Å². The quantitative estimate of drug-likeness (QED) is 0.806. The van der Waals surface area contributed by atoms with Crippen LogP contribution in [0.2, 0.25) is 0 Å². The fraction of sp³-hybridized carbons (Fsp3) is 0.211. The van der Waals surface area contributed by atoms with Gasteiger partial charge in [0.25, 0.3) is 5.91 Å². The maximum atomic E-state index is 12.7. The topological polar surface area (TPSA) is 87.7 Å². The molecular weight excluding hydrogens is 334 g/mol. The molecule has 3 amide bonds. The van der Waals surface area contributed by atoms with Crippen molar-refractivity contribution in [2.75, 3.05) is 22.6 Å². The van der Waals surface area contributed by atoms with E-state index in [-0.39, 0.29) is 24.1 Å². The van der Waals surface area contributed by atoms with Gasteiger partial charge in [-0.25, -0.2) is 4.90 Å². The van der Waals surface area contributed by atoms with Crippen molar-refractivity contribution in [1.29, 1.82) is 0 Å². The maximum absolute atomic E-state index is 12.7. The molecule has 1 saturated heterocycles. The number of nitrogens with zero attached hydrogens (tertiary/aromatic N) is 1. The summed E-state index contributed by atoms with van der Waals surface area (Å²) in [6, 6.07) is 13.2. The van der Waals surface area contributed by atoms with Gasteiger partial charge in [0.05, 0.1) is 24.9 Å². The number of hydrogen-bond donors (Lipinski definition) is 2. The van der Waals surface area contributed by atoms with Crippen molar-refractivity contribution >= 4 is 34.8 Å². The van der Waals surface area contributed by atoms with E-state index in [0.717, 1.165) is 0 Å². The second-order valence-electron chi connectivity index (χ2n) is 5.90. The van der Waals surface area contributed by atoms with Gasteiger partial charge in [0.1, 0.15) is 11.8 Å². The number of imide groups is 1. The van der Waals surface area contributed by atoms with Crippen LogP contribution in [0, 0.1) is 0 Å². The van der Waals surface area contributed by atoms with Crippen molar-refractivity contribution in [3.05, 3.63) is 48.5 Å². The Hall–Kier alpha value is -3.35. The Morgan fingerprint density at radius 2 is 1.88 bits per heavy atom. The van der Waals surface area contributed by atoms with Gasteiger partial charge in [-0.2, -0.15) is 0 Å². The van der Waals surface area contributed by atoms with Crippen LogP contribution < -0.4 is 20.3 Å². The zero-order chi connectivity index (χ0) is 18.7. The van der Waals surface area contributed by atoms with Crippen molar-refractivity contribution < 1.29 is 19.1 Å². The molecule has 0 unspecified atom stereocenters. The molecular formula is C19H19N3O4. The van der Waals surface area contributed by atoms with Gasteiger partial charge in [0.15, 0.2) is 0 Å². The molecule has 1 heterocycles. The molecule has 1 aliphatic heterocycles. The number of methoxy groups -OCH3 is 1. The molecule has 1 atom stereocenters. The molecule has 134 valence electrons. The number of carbonyl (C=O) groups excluding carboxylic acids is 3.